The molecule has 2 aromatic heterocycles. The number of rotatable bonds is 5. The molecule has 0 atom stereocenters. The van der Waals surface area contributed by atoms with Crippen molar-refractivity contribution in [1.82, 2.24) is 19.3 Å². The zero-order valence-electron chi connectivity index (χ0n) is 18.4. The number of benzene rings is 2. The van der Waals surface area contributed by atoms with Crippen LogP contribution < -0.4 is 16.2 Å². The fourth-order valence-corrected chi connectivity index (χ4v) is 3.41. The van der Waals surface area contributed by atoms with Crippen LogP contribution in [0, 0.1) is 13.8 Å². The Morgan fingerprint density at radius 3 is 2.39 bits per heavy atom. The molecule has 0 aliphatic heterocycles. The van der Waals surface area contributed by atoms with Gasteiger partial charge < -0.3 is 10.6 Å². The van der Waals surface area contributed by atoms with Crippen LogP contribution in [0.2, 0.25) is 0 Å². The number of aryl methyl sites for hydroxylation is 1. The second kappa shape index (κ2) is 8.91. The summed E-state index contributed by atoms with van der Waals surface area (Å²) >= 11 is 0. The average Bonchev–Trinajstić information content (AvgIpc) is 3.02. The molecule has 0 aliphatic carbocycles. The number of aromatic nitrogens is 4. The molecule has 0 saturated carbocycles. The van der Waals surface area contributed by atoms with Crippen molar-refractivity contribution in [3.63, 3.8) is 0 Å². The van der Waals surface area contributed by atoms with Gasteiger partial charge in [-0.05, 0) is 50.2 Å². The lowest BCUT2D eigenvalue weighted by molar-refractivity contribution is 0.101. The Balaban J connectivity index is 1.57. The molecule has 33 heavy (non-hydrogen) atoms. The highest BCUT2D eigenvalue weighted by molar-refractivity contribution is 6.07. The summed E-state index contributed by atoms with van der Waals surface area (Å²) in [5.41, 5.74) is 2.10. The summed E-state index contributed by atoms with van der Waals surface area (Å²) < 4.78 is 3.18. The smallest absolute Gasteiger partial charge is 0.295 e. The second-order valence-electron chi connectivity index (χ2n) is 7.41. The van der Waals surface area contributed by atoms with Crippen LogP contribution in [0.15, 0.2) is 71.7 Å². The van der Waals surface area contributed by atoms with E-state index in [2.05, 4.69) is 20.6 Å². The van der Waals surface area contributed by atoms with Crippen molar-refractivity contribution in [2.45, 2.75) is 13.8 Å². The first-order valence-electron chi connectivity index (χ1n) is 10.2. The molecule has 0 aliphatic rings. The molecule has 0 radical (unpaired) electrons. The summed E-state index contributed by atoms with van der Waals surface area (Å²) in [7, 11) is 1.75. The molecule has 2 amide bonds. The average molecular weight is 442 g/mol. The highest BCUT2D eigenvalue weighted by Gasteiger charge is 2.19. The molecule has 0 saturated heterocycles. The number of carbonyl (C=O) groups is 2. The number of nitrogens with zero attached hydrogens (tertiary/aromatic N) is 4. The van der Waals surface area contributed by atoms with E-state index in [9.17, 15) is 14.4 Å². The Labute approximate surface area is 189 Å². The highest BCUT2D eigenvalue weighted by atomic mass is 16.2. The number of hydrogen-bond donors (Lipinski definition) is 2. The van der Waals surface area contributed by atoms with Crippen molar-refractivity contribution in [3.05, 3.63) is 100.0 Å². The lowest BCUT2D eigenvalue weighted by Gasteiger charge is -2.08. The minimum atomic E-state index is -0.463. The number of amides is 2. The van der Waals surface area contributed by atoms with Crippen LogP contribution in [0.1, 0.15) is 32.4 Å². The minimum Gasteiger partial charge on any atom is -0.321 e. The molecule has 166 valence electrons. The summed E-state index contributed by atoms with van der Waals surface area (Å²) in [5.74, 6) is -0.395. The van der Waals surface area contributed by atoms with E-state index in [-0.39, 0.29) is 16.9 Å². The summed E-state index contributed by atoms with van der Waals surface area (Å²) in [6.07, 6.45) is 1.51. The van der Waals surface area contributed by atoms with Gasteiger partial charge >= 0.3 is 0 Å². The normalized spacial score (nSPS) is 10.6. The topological polar surface area (TPSA) is 111 Å². The largest absolute Gasteiger partial charge is 0.321 e. The number of anilines is 2. The fraction of sp³-hybridized carbons (Fsp3) is 0.125. The van der Waals surface area contributed by atoms with Gasteiger partial charge in [0.15, 0.2) is 0 Å². The van der Waals surface area contributed by atoms with Crippen molar-refractivity contribution in [2.24, 2.45) is 7.05 Å². The molecule has 0 bridgehead atoms. The van der Waals surface area contributed by atoms with E-state index in [4.69, 9.17) is 0 Å². The van der Waals surface area contributed by atoms with E-state index in [0.717, 1.165) is 0 Å². The number of nitrogens with one attached hydrogen (secondary N) is 2. The van der Waals surface area contributed by atoms with Gasteiger partial charge in [-0.15, -0.1) is 0 Å². The Hall–Kier alpha value is -4.53. The third kappa shape index (κ3) is 4.42. The molecule has 2 aromatic carbocycles. The van der Waals surface area contributed by atoms with Gasteiger partial charge in [-0.2, -0.15) is 0 Å². The quantitative estimate of drug-likeness (QED) is 0.493. The molecule has 0 fully saturated rings. The van der Waals surface area contributed by atoms with Crippen LogP contribution in [0.5, 0.6) is 0 Å². The van der Waals surface area contributed by atoms with Crippen LogP contribution in [0.4, 0.5) is 11.4 Å². The first kappa shape index (κ1) is 21.7. The molecular formula is C24H22N6O3. The number of para-hydroxylation sites is 1. The van der Waals surface area contributed by atoms with Gasteiger partial charge in [0, 0.05) is 24.5 Å². The molecule has 0 spiro atoms. The van der Waals surface area contributed by atoms with E-state index >= 15 is 0 Å². The molecule has 2 N–H and O–H groups in total. The van der Waals surface area contributed by atoms with Crippen molar-refractivity contribution in [2.75, 3.05) is 10.6 Å². The van der Waals surface area contributed by atoms with Gasteiger partial charge in [0.05, 0.1) is 11.4 Å². The van der Waals surface area contributed by atoms with E-state index in [1.807, 2.05) is 30.3 Å². The van der Waals surface area contributed by atoms with Crippen molar-refractivity contribution >= 4 is 23.2 Å². The van der Waals surface area contributed by atoms with Crippen molar-refractivity contribution in [3.8, 4) is 5.69 Å². The third-order valence-corrected chi connectivity index (χ3v) is 5.18. The zero-order valence-corrected chi connectivity index (χ0v) is 18.4. The van der Waals surface area contributed by atoms with E-state index in [0.29, 0.717) is 28.5 Å². The second-order valence-corrected chi connectivity index (χ2v) is 7.41. The highest BCUT2D eigenvalue weighted by Crippen LogP contribution is 2.17. The molecule has 9 nitrogen and oxygen atoms in total. The lowest BCUT2D eigenvalue weighted by Crippen LogP contribution is -2.23. The predicted molar refractivity (Wildman–Crippen MR) is 125 cm³/mol. The molecular weight excluding hydrogens is 420 g/mol. The summed E-state index contributed by atoms with van der Waals surface area (Å²) in [4.78, 5) is 46.5. The first-order chi connectivity index (χ1) is 15.8. The van der Waals surface area contributed by atoms with Gasteiger partial charge in [0.2, 0.25) is 0 Å². The molecule has 0 unspecified atom stereocenters. The fourth-order valence-electron chi connectivity index (χ4n) is 3.41. The monoisotopic (exact) mass is 442 g/mol. The van der Waals surface area contributed by atoms with Gasteiger partial charge in [0.25, 0.3) is 17.4 Å². The van der Waals surface area contributed by atoms with Gasteiger partial charge in [0.1, 0.15) is 17.2 Å². The van der Waals surface area contributed by atoms with Crippen LogP contribution >= 0.6 is 0 Å². The maximum Gasteiger partial charge on any atom is 0.295 e. The number of hydrogen-bond acceptors (Lipinski definition) is 5. The Bertz CT molecular complexity index is 1410. The zero-order chi connectivity index (χ0) is 23.5. The molecule has 2 heterocycles. The standard InChI is InChI=1S/C24H22N6O3/c1-15-21(24(33)30(29(15)3)19-10-5-4-6-11-19)28-22(31)17-8-7-9-18(14-17)27-23(32)20-12-13-25-16(2)26-20/h4-14H,1-3H3,(H,27,32)(H,28,31). The van der Waals surface area contributed by atoms with E-state index in [1.165, 1.54) is 23.0 Å². The van der Waals surface area contributed by atoms with Crippen LogP contribution in [-0.2, 0) is 7.05 Å². The third-order valence-electron chi connectivity index (χ3n) is 5.18. The van der Waals surface area contributed by atoms with Crippen molar-refractivity contribution in [1.29, 1.82) is 0 Å². The van der Waals surface area contributed by atoms with Crippen LogP contribution in [0.3, 0.4) is 0 Å². The Kier molecular flexibility index (Phi) is 5.86. The van der Waals surface area contributed by atoms with E-state index < -0.39 is 11.8 Å². The first-order valence-corrected chi connectivity index (χ1v) is 10.2. The van der Waals surface area contributed by atoms with Gasteiger partial charge in [-0.25, -0.2) is 14.6 Å². The summed E-state index contributed by atoms with van der Waals surface area (Å²) in [6, 6.07) is 17.1. The van der Waals surface area contributed by atoms with E-state index in [1.54, 1.807) is 43.8 Å². The Morgan fingerprint density at radius 1 is 0.909 bits per heavy atom. The molecule has 4 aromatic rings. The maximum atomic E-state index is 13.0. The summed E-state index contributed by atoms with van der Waals surface area (Å²) in [6.45, 7) is 3.45. The van der Waals surface area contributed by atoms with Gasteiger partial charge in [-0.1, -0.05) is 24.3 Å². The van der Waals surface area contributed by atoms with Crippen LogP contribution in [0.25, 0.3) is 5.69 Å². The van der Waals surface area contributed by atoms with Gasteiger partial charge in [-0.3, -0.25) is 19.1 Å². The molecule has 4 rings (SSSR count). The van der Waals surface area contributed by atoms with Crippen molar-refractivity contribution < 1.29 is 9.59 Å². The minimum absolute atomic E-state index is 0.192. The SMILES string of the molecule is Cc1nccc(C(=O)Nc2cccc(C(=O)Nc3c(C)n(C)n(-c4ccccc4)c3=O)c2)n1. The predicted octanol–water partition coefficient (Wildman–Crippen LogP) is 3.09. The summed E-state index contributed by atoms with van der Waals surface area (Å²) in [5, 5.41) is 5.44. The Morgan fingerprint density at radius 2 is 1.67 bits per heavy atom. The number of carbonyl (C=O) groups excluding carboxylic acids is 2. The lowest BCUT2D eigenvalue weighted by atomic mass is 10.1. The molecule has 9 heteroatoms. The maximum absolute atomic E-state index is 13.0. The van der Waals surface area contributed by atoms with Crippen LogP contribution in [-0.4, -0.2) is 31.1 Å².